The summed E-state index contributed by atoms with van der Waals surface area (Å²) in [7, 11) is -9.81. The largest absolute Gasteiger partial charge is 0.507 e. The van der Waals surface area contributed by atoms with Crippen LogP contribution in [0.4, 0.5) is 11.4 Å². The van der Waals surface area contributed by atoms with Gasteiger partial charge in [0.2, 0.25) is 0 Å². The van der Waals surface area contributed by atoms with E-state index in [1.807, 2.05) is 0 Å². The van der Waals surface area contributed by atoms with E-state index in [1.54, 1.807) is 0 Å². The second kappa shape index (κ2) is 7.37. The molecule has 0 aliphatic rings. The topological polar surface area (TPSA) is 194 Å². The van der Waals surface area contributed by atoms with E-state index in [0.717, 1.165) is 6.07 Å². The molecule has 0 saturated carbocycles. The van der Waals surface area contributed by atoms with Crippen LogP contribution in [0.25, 0.3) is 10.8 Å². The molecular formula is C16H11ClN2O9S2. The van der Waals surface area contributed by atoms with Crippen molar-refractivity contribution in [2.24, 2.45) is 10.2 Å². The maximum Gasteiger partial charge on any atom is 0.296 e. The number of rotatable bonds is 4. The fraction of sp³-hybridized carbons (Fsp3) is 0. The number of halogens is 1. The first-order valence-corrected chi connectivity index (χ1v) is 10.9. The van der Waals surface area contributed by atoms with E-state index >= 15 is 0 Å². The molecule has 30 heavy (non-hydrogen) atoms. The first kappa shape index (κ1) is 21.7. The molecule has 0 bridgehead atoms. The minimum atomic E-state index is -5.03. The van der Waals surface area contributed by atoms with Crippen molar-refractivity contribution < 1.29 is 41.3 Å². The molecule has 0 saturated heterocycles. The average molecular weight is 475 g/mol. The van der Waals surface area contributed by atoms with Gasteiger partial charge in [0.25, 0.3) is 20.2 Å². The van der Waals surface area contributed by atoms with Crippen LogP contribution in [0.1, 0.15) is 0 Å². The number of fused-ring (bicyclic) bond motifs is 1. The molecule has 0 spiro atoms. The molecule has 0 atom stereocenters. The Kier molecular flexibility index (Phi) is 5.34. The van der Waals surface area contributed by atoms with Gasteiger partial charge in [-0.05, 0) is 35.7 Å². The number of hydrogen-bond acceptors (Lipinski definition) is 9. The molecule has 0 aromatic heterocycles. The summed E-state index contributed by atoms with van der Waals surface area (Å²) in [5, 5.41) is 36.9. The van der Waals surface area contributed by atoms with Crippen LogP contribution in [0, 0.1) is 0 Å². The predicted molar refractivity (Wildman–Crippen MR) is 104 cm³/mol. The summed E-state index contributed by atoms with van der Waals surface area (Å²) < 4.78 is 64.9. The number of benzene rings is 3. The van der Waals surface area contributed by atoms with Gasteiger partial charge < -0.3 is 15.3 Å². The lowest BCUT2D eigenvalue weighted by atomic mass is 10.1. The van der Waals surface area contributed by atoms with E-state index in [9.17, 15) is 36.7 Å². The molecule has 11 nitrogen and oxygen atoms in total. The molecule has 0 amide bonds. The molecule has 0 radical (unpaired) electrons. The normalized spacial score (nSPS) is 12.6. The lowest BCUT2D eigenvalue weighted by molar-refractivity contribution is 0.457. The SMILES string of the molecule is O=S(=O)(O)c1cc(O)c2c(O)c(/N=N/c3cc(Cl)ccc3O)c(S(=O)(=O)O)cc2c1. The van der Waals surface area contributed by atoms with Crippen molar-refractivity contribution in [2.75, 3.05) is 0 Å². The summed E-state index contributed by atoms with van der Waals surface area (Å²) >= 11 is 5.78. The zero-order chi connectivity index (χ0) is 22.4. The van der Waals surface area contributed by atoms with Gasteiger partial charge in [0.1, 0.15) is 27.8 Å². The van der Waals surface area contributed by atoms with E-state index < -0.39 is 52.6 Å². The minimum absolute atomic E-state index is 0.162. The molecule has 0 unspecified atom stereocenters. The third kappa shape index (κ3) is 4.15. The highest BCUT2D eigenvalue weighted by atomic mass is 35.5. The Morgan fingerprint density at radius 3 is 2.07 bits per heavy atom. The summed E-state index contributed by atoms with van der Waals surface area (Å²) in [5.74, 6) is -2.18. The molecule has 3 aromatic rings. The van der Waals surface area contributed by atoms with Gasteiger partial charge in [-0.25, -0.2) is 0 Å². The first-order chi connectivity index (χ1) is 13.8. The standard InChI is InChI=1S/C16H11ClN2O9S2/c17-8-1-2-11(20)10(5-8)18-19-15-13(30(26,27)28)4-7-3-9(29(23,24)25)6-12(21)14(7)16(15)22/h1-6,20-22H,(H,23,24,25)(H,26,27,28)/b19-18+. The number of nitrogens with zero attached hydrogens (tertiary/aromatic N) is 2. The molecule has 0 heterocycles. The molecular weight excluding hydrogens is 464 g/mol. The van der Waals surface area contributed by atoms with Crippen molar-refractivity contribution >= 4 is 54.0 Å². The van der Waals surface area contributed by atoms with Crippen LogP contribution < -0.4 is 0 Å². The zero-order valence-corrected chi connectivity index (χ0v) is 16.8. The smallest absolute Gasteiger partial charge is 0.296 e. The summed E-state index contributed by atoms with van der Waals surface area (Å²) in [6.45, 7) is 0. The number of phenols is 3. The maximum atomic E-state index is 11.8. The third-order valence-corrected chi connectivity index (χ3v) is 5.81. The second-order valence-electron chi connectivity index (χ2n) is 5.90. The summed E-state index contributed by atoms with van der Waals surface area (Å²) in [6, 6.07) is 5.81. The fourth-order valence-electron chi connectivity index (χ4n) is 2.56. The van der Waals surface area contributed by atoms with Gasteiger partial charge in [-0.2, -0.15) is 16.8 Å². The fourth-order valence-corrected chi connectivity index (χ4v) is 3.92. The summed E-state index contributed by atoms with van der Waals surface area (Å²) in [5.41, 5.74) is -1.01. The summed E-state index contributed by atoms with van der Waals surface area (Å²) in [6.07, 6.45) is 0. The van der Waals surface area contributed by atoms with Gasteiger partial charge >= 0.3 is 0 Å². The highest BCUT2D eigenvalue weighted by Crippen LogP contribution is 2.45. The van der Waals surface area contributed by atoms with Gasteiger partial charge in [0.15, 0.2) is 5.75 Å². The molecule has 5 N–H and O–H groups in total. The number of aromatic hydroxyl groups is 3. The lowest BCUT2D eigenvalue weighted by Crippen LogP contribution is -2.01. The van der Waals surface area contributed by atoms with Crippen molar-refractivity contribution in [1.29, 1.82) is 0 Å². The van der Waals surface area contributed by atoms with E-state index in [1.165, 1.54) is 18.2 Å². The quantitative estimate of drug-likeness (QED) is 0.277. The van der Waals surface area contributed by atoms with Crippen LogP contribution in [0.5, 0.6) is 17.2 Å². The molecule has 3 rings (SSSR count). The van der Waals surface area contributed by atoms with E-state index in [2.05, 4.69) is 10.2 Å². The average Bonchev–Trinajstić information content (AvgIpc) is 2.61. The first-order valence-electron chi connectivity index (χ1n) is 7.67. The Morgan fingerprint density at radius 2 is 1.47 bits per heavy atom. The molecule has 0 aliphatic carbocycles. The van der Waals surface area contributed by atoms with E-state index in [4.69, 9.17) is 16.2 Å². The van der Waals surface area contributed by atoms with Crippen LogP contribution >= 0.6 is 11.6 Å². The van der Waals surface area contributed by atoms with Crippen molar-refractivity contribution in [3.63, 3.8) is 0 Å². The molecule has 0 fully saturated rings. The van der Waals surface area contributed by atoms with Crippen LogP contribution in [0.15, 0.2) is 56.4 Å². The minimum Gasteiger partial charge on any atom is -0.507 e. The third-order valence-electron chi connectivity index (χ3n) is 3.87. The highest BCUT2D eigenvalue weighted by molar-refractivity contribution is 7.86. The van der Waals surface area contributed by atoms with E-state index in [-0.39, 0.29) is 21.8 Å². The van der Waals surface area contributed by atoms with Gasteiger partial charge in [-0.15, -0.1) is 10.2 Å². The number of phenolic OH excluding ortho intramolecular Hbond substituents is 3. The Hall–Kier alpha value is -2.97. The van der Waals surface area contributed by atoms with Gasteiger partial charge in [0.05, 0.1) is 10.3 Å². The molecule has 3 aromatic carbocycles. The van der Waals surface area contributed by atoms with Crippen molar-refractivity contribution in [1.82, 2.24) is 0 Å². The Labute approximate surface area is 174 Å². The number of azo groups is 1. The van der Waals surface area contributed by atoms with Crippen molar-refractivity contribution in [3.8, 4) is 17.2 Å². The van der Waals surface area contributed by atoms with Gasteiger partial charge in [-0.3, -0.25) is 9.11 Å². The van der Waals surface area contributed by atoms with Crippen molar-refractivity contribution in [2.45, 2.75) is 9.79 Å². The molecule has 158 valence electrons. The van der Waals surface area contributed by atoms with Crippen LogP contribution in [-0.2, 0) is 20.2 Å². The Morgan fingerprint density at radius 1 is 0.800 bits per heavy atom. The van der Waals surface area contributed by atoms with Crippen LogP contribution in [-0.4, -0.2) is 41.3 Å². The Balaban J connectivity index is 2.36. The zero-order valence-electron chi connectivity index (χ0n) is 14.4. The van der Waals surface area contributed by atoms with Gasteiger partial charge in [0, 0.05) is 11.1 Å². The molecule has 14 heteroatoms. The summed E-state index contributed by atoms with van der Waals surface area (Å²) in [4.78, 5) is -1.77. The predicted octanol–water partition coefficient (Wildman–Crippen LogP) is 3.52. The lowest BCUT2D eigenvalue weighted by Gasteiger charge is -2.11. The monoisotopic (exact) mass is 474 g/mol. The number of hydrogen-bond donors (Lipinski definition) is 5. The van der Waals surface area contributed by atoms with Crippen molar-refractivity contribution in [3.05, 3.63) is 41.4 Å². The highest BCUT2D eigenvalue weighted by Gasteiger charge is 2.25. The van der Waals surface area contributed by atoms with Crippen LogP contribution in [0.3, 0.4) is 0 Å². The van der Waals surface area contributed by atoms with E-state index in [0.29, 0.717) is 12.1 Å². The molecule has 0 aliphatic heterocycles. The van der Waals surface area contributed by atoms with Gasteiger partial charge in [-0.1, -0.05) is 11.6 Å². The Bertz CT molecular complexity index is 1440. The van der Waals surface area contributed by atoms with Crippen LogP contribution in [0.2, 0.25) is 5.02 Å². The maximum absolute atomic E-state index is 11.8. The second-order valence-corrected chi connectivity index (χ2v) is 9.14.